The van der Waals surface area contributed by atoms with E-state index in [0.29, 0.717) is 5.92 Å². The Hall–Kier alpha value is -1.60. The predicted octanol–water partition coefficient (Wildman–Crippen LogP) is 7.72. The lowest BCUT2D eigenvalue weighted by Crippen LogP contribution is -2.37. The van der Waals surface area contributed by atoms with Crippen LogP contribution < -0.4 is 0 Å². The predicted molar refractivity (Wildman–Crippen MR) is 127 cm³/mol. The van der Waals surface area contributed by atoms with Crippen molar-refractivity contribution in [3.8, 4) is 0 Å². The topological polar surface area (TPSA) is 9.23 Å². The lowest BCUT2D eigenvalue weighted by atomic mass is 9.62. The second-order valence-corrected chi connectivity index (χ2v) is 10.1. The first-order chi connectivity index (χ1) is 14.7. The van der Waals surface area contributed by atoms with E-state index in [9.17, 15) is 0 Å². The van der Waals surface area contributed by atoms with E-state index in [-0.39, 0.29) is 5.41 Å². The van der Waals surface area contributed by atoms with Crippen LogP contribution in [-0.2, 0) is 4.74 Å². The molecule has 0 radical (unpaired) electrons. The molecule has 0 spiro atoms. The minimum atomic E-state index is 0.0899. The summed E-state index contributed by atoms with van der Waals surface area (Å²) in [4.78, 5) is 0. The molecule has 1 aromatic carbocycles. The van der Waals surface area contributed by atoms with Crippen molar-refractivity contribution in [3.63, 3.8) is 0 Å². The molecule has 0 atom stereocenters. The average Bonchev–Trinajstić information content (AvgIpc) is 2.81. The summed E-state index contributed by atoms with van der Waals surface area (Å²) < 4.78 is 5.75. The molecule has 4 rings (SSSR count). The molecule has 1 heteroatoms. The molecular weight excluding hydrogens is 364 g/mol. The van der Waals surface area contributed by atoms with Gasteiger partial charge < -0.3 is 4.74 Å². The summed E-state index contributed by atoms with van der Waals surface area (Å²) in [6, 6.07) is 10.8. The highest BCUT2D eigenvalue weighted by molar-refractivity contribution is 5.34. The monoisotopic (exact) mass is 404 g/mol. The molecular formula is C29H40O. The number of rotatable bonds is 7. The Bertz CT molecular complexity index is 700. The van der Waals surface area contributed by atoms with Crippen LogP contribution in [-0.4, -0.2) is 13.7 Å². The highest BCUT2D eigenvalue weighted by atomic mass is 16.5. The summed E-state index contributed by atoms with van der Waals surface area (Å²) in [5.41, 5.74) is 1.47. The van der Waals surface area contributed by atoms with Crippen LogP contribution in [0.2, 0.25) is 0 Å². The number of ether oxygens (including phenoxy) is 1. The Labute approximate surface area is 184 Å². The van der Waals surface area contributed by atoms with Gasteiger partial charge in [-0.3, -0.25) is 0 Å². The lowest BCUT2D eigenvalue weighted by Gasteiger charge is -2.44. The largest absolute Gasteiger partial charge is 0.383 e. The van der Waals surface area contributed by atoms with Gasteiger partial charge in [-0.2, -0.15) is 0 Å². The van der Waals surface area contributed by atoms with E-state index in [0.717, 1.165) is 30.3 Å². The summed E-state index contributed by atoms with van der Waals surface area (Å²) in [7, 11) is 1.86. The average molecular weight is 405 g/mol. The van der Waals surface area contributed by atoms with Crippen molar-refractivity contribution in [1.29, 1.82) is 0 Å². The molecule has 2 fully saturated rings. The molecule has 0 heterocycles. The first kappa shape index (κ1) is 21.6. The Morgan fingerprint density at radius 2 is 1.50 bits per heavy atom. The number of allylic oxidation sites excluding steroid dienone is 3. The summed E-state index contributed by atoms with van der Waals surface area (Å²) in [5.74, 6) is 3.97. The molecule has 0 N–H and O–H groups in total. The van der Waals surface area contributed by atoms with Crippen LogP contribution in [0.15, 0.2) is 67.3 Å². The van der Waals surface area contributed by atoms with Gasteiger partial charge in [-0.15, -0.1) is 6.58 Å². The third kappa shape index (κ3) is 4.83. The molecule has 2 saturated carbocycles. The zero-order valence-corrected chi connectivity index (χ0v) is 18.8. The fourth-order valence-electron chi connectivity index (χ4n) is 6.58. The Morgan fingerprint density at radius 3 is 2.07 bits per heavy atom. The number of methoxy groups -OCH3 is 1. The van der Waals surface area contributed by atoms with E-state index in [4.69, 9.17) is 4.74 Å². The lowest BCUT2D eigenvalue weighted by molar-refractivity contribution is 0.0601. The molecule has 1 nitrogen and oxygen atoms in total. The standard InChI is InChI=1S/C29H40O/c1-3-7-23-10-12-25(13-11-23)26-14-16-28(17-15-26)29(22-30-2)20-18-27(19-21-29)24-8-5-4-6-9-24/h3-6,8-9,18-21,23,25-28H,1,7,10-17,22H2,2H3. The van der Waals surface area contributed by atoms with Crippen LogP contribution in [0.1, 0.15) is 69.3 Å². The van der Waals surface area contributed by atoms with E-state index in [2.05, 4.69) is 67.3 Å². The van der Waals surface area contributed by atoms with E-state index in [1.165, 1.54) is 63.4 Å². The van der Waals surface area contributed by atoms with E-state index >= 15 is 0 Å². The fourth-order valence-corrected chi connectivity index (χ4v) is 6.58. The van der Waals surface area contributed by atoms with Gasteiger partial charge in [-0.1, -0.05) is 60.7 Å². The van der Waals surface area contributed by atoms with Crippen LogP contribution >= 0.6 is 0 Å². The summed E-state index contributed by atoms with van der Waals surface area (Å²) in [5, 5.41) is 0. The quantitative estimate of drug-likeness (QED) is 0.423. The van der Waals surface area contributed by atoms with Gasteiger partial charge >= 0.3 is 0 Å². The second-order valence-electron chi connectivity index (χ2n) is 10.1. The molecule has 3 aliphatic rings. The molecule has 0 aliphatic heterocycles. The van der Waals surface area contributed by atoms with Crippen LogP contribution in [0.3, 0.4) is 0 Å². The van der Waals surface area contributed by atoms with Crippen molar-refractivity contribution in [3.05, 3.63) is 72.9 Å². The maximum atomic E-state index is 5.75. The van der Waals surface area contributed by atoms with Crippen molar-refractivity contribution in [2.24, 2.45) is 29.1 Å². The molecule has 0 bridgehead atoms. The van der Waals surface area contributed by atoms with Gasteiger partial charge in [0.2, 0.25) is 0 Å². The first-order valence-electron chi connectivity index (χ1n) is 12.3. The maximum Gasteiger partial charge on any atom is 0.0590 e. The molecule has 0 unspecified atom stereocenters. The van der Waals surface area contributed by atoms with Gasteiger partial charge in [-0.25, -0.2) is 0 Å². The SMILES string of the molecule is C=CCC1CCC(C2CCC(C3(COC)C=CC(c4ccccc4)C=C3)CC2)CC1. The first-order valence-corrected chi connectivity index (χ1v) is 12.3. The minimum absolute atomic E-state index is 0.0899. The summed E-state index contributed by atoms with van der Waals surface area (Å²) >= 11 is 0. The molecule has 162 valence electrons. The smallest absolute Gasteiger partial charge is 0.0590 e. The van der Waals surface area contributed by atoms with Crippen LogP contribution in [0, 0.1) is 29.1 Å². The Morgan fingerprint density at radius 1 is 0.900 bits per heavy atom. The van der Waals surface area contributed by atoms with E-state index in [1.54, 1.807) is 0 Å². The molecule has 1 aromatic rings. The van der Waals surface area contributed by atoms with Crippen molar-refractivity contribution < 1.29 is 4.74 Å². The third-order valence-electron chi connectivity index (χ3n) is 8.40. The van der Waals surface area contributed by atoms with Crippen molar-refractivity contribution in [2.75, 3.05) is 13.7 Å². The molecule has 3 aliphatic carbocycles. The molecule has 0 aromatic heterocycles. The number of hydrogen-bond acceptors (Lipinski definition) is 1. The maximum absolute atomic E-state index is 5.75. The van der Waals surface area contributed by atoms with E-state index < -0.39 is 0 Å². The van der Waals surface area contributed by atoms with Gasteiger partial charge in [-0.05, 0) is 87.0 Å². The van der Waals surface area contributed by atoms with Crippen LogP contribution in [0.4, 0.5) is 0 Å². The summed E-state index contributed by atoms with van der Waals surface area (Å²) in [6.45, 7) is 4.75. The zero-order valence-electron chi connectivity index (χ0n) is 18.8. The van der Waals surface area contributed by atoms with E-state index in [1.807, 2.05) is 7.11 Å². The van der Waals surface area contributed by atoms with Crippen molar-refractivity contribution >= 4 is 0 Å². The van der Waals surface area contributed by atoms with Crippen LogP contribution in [0.5, 0.6) is 0 Å². The van der Waals surface area contributed by atoms with Gasteiger partial charge in [0.15, 0.2) is 0 Å². The Balaban J connectivity index is 1.35. The zero-order chi connectivity index (χ0) is 20.8. The fraction of sp³-hybridized carbons (Fsp3) is 0.586. The normalized spacial score (nSPS) is 36.5. The number of benzene rings is 1. The van der Waals surface area contributed by atoms with Crippen LogP contribution in [0.25, 0.3) is 0 Å². The molecule has 30 heavy (non-hydrogen) atoms. The molecule has 0 saturated heterocycles. The number of hydrogen-bond donors (Lipinski definition) is 0. The van der Waals surface area contributed by atoms with Gasteiger partial charge in [0.1, 0.15) is 0 Å². The third-order valence-corrected chi connectivity index (χ3v) is 8.40. The minimum Gasteiger partial charge on any atom is -0.383 e. The van der Waals surface area contributed by atoms with Gasteiger partial charge in [0.25, 0.3) is 0 Å². The van der Waals surface area contributed by atoms with Crippen molar-refractivity contribution in [2.45, 2.75) is 63.7 Å². The van der Waals surface area contributed by atoms with Gasteiger partial charge in [0.05, 0.1) is 6.61 Å². The highest BCUT2D eigenvalue weighted by Crippen LogP contribution is 2.49. The Kier molecular flexibility index (Phi) is 7.31. The summed E-state index contributed by atoms with van der Waals surface area (Å²) in [6.07, 6.45) is 24.4. The van der Waals surface area contributed by atoms with Gasteiger partial charge in [0, 0.05) is 18.4 Å². The molecule has 0 amide bonds. The van der Waals surface area contributed by atoms with Crippen molar-refractivity contribution in [1.82, 2.24) is 0 Å². The highest BCUT2D eigenvalue weighted by Gasteiger charge is 2.40. The second kappa shape index (κ2) is 10.1.